The summed E-state index contributed by atoms with van der Waals surface area (Å²) in [6.07, 6.45) is 4.64. The van der Waals surface area contributed by atoms with Gasteiger partial charge in [-0.25, -0.2) is 0 Å². The molecule has 1 atom stereocenters. The van der Waals surface area contributed by atoms with Crippen LogP contribution in [0.2, 0.25) is 0 Å². The highest BCUT2D eigenvalue weighted by Gasteiger charge is 2.22. The molecule has 0 saturated carbocycles. The van der Waals surface area contributed by atoms with Gasteiger partial charge >= 0.3 is 0 Å². The van der Waals surface area contributed by atoms with Crippen LogP contribution in [0.15, 0.2) is 22.7 Å². The topological polar surface area (TPSA) is 30.5 Å². The third-order valence-corrected chi connectivity index (χ3v) is 4.61. The van der Waals surface area contributed by atoms with E-state index in [0.29, 0.717) is 6.04 Å². The van der Waals surface area contributed by atoms with Gasteiger partial charge in [0.1, 0.15) is 5.75 Å². The molecule has 0 radical (unpaired) electrons. The van der Waals surface area contributed by atoms with Crippen LogP contribution in [0.25, 0.3) is 0 Å². The van der Waals surface area contributed by atoms with Crippen LogP contribution in [0, 0.1) is 5.92 Å². The first kappa shape index (κ1) is 16.8. The summed E-state index contributed by atoms with van der Waals surface area (Å²) < 4.78 is 12.1. The molecule has 1 saturated heterocycles. The summed E-state index contributed by atoms with van der Waals surface area (Å²) in [5, 5.41) is 3.69. The maximum Gasteiger partial charge on any atom is 0.124 e. The summed E-state index contributed by atoms with van der Waals surface area (Å²) >= 11 is 3.52. The second kappa shape index (κ2) is 8.76. The van der Waals surface area contributed by atoms with Crippen LogP contribution in [0.4, 0.5) is 0 Å². The molecule has 1 aromatic carbocycles. The van der Waals surface area contributed by atoms with Crippen molar-refractivity contribution in [2.75, 3.05) is 26.9 Å². The molecule has 4 heteroatoms. The minimum atomic E-state index is 0.357. The van der Waals surface area contributed by atoms with Gasteiger partial charge in [0, 0.05) is 29.3 Å². The summed E-state index contributed by atoms with van der Waals surface area (Å²) in [7, 11) is 1.75. The van der Waals surface area contributed by atoms with Crippen molar-refractivity contribution in [3.63, 3.8) is 0 Å². The van der Waals surface area contributed by atoms with E-state index in [1.54, 1.807) is 7.11 Å². The molecule has 0 bridgehead atoms. The van der Waals surface area contributed by atoms with E-state index in [1.807, 2.05) is 0 Å². The first-order valence-electron chi connectivity index (χ1n) is 7.89. The quantitative estimate of drug-likeness (QED) is 0.790. The van der Waals surface area contributed by atoms with Gasteiger partial charge in [-0.2, -0.15) is 0 Å². The molecule has 0 aromatic heterocycles. The van der Waals surface area contributed by atoms with Crippen molar-refractivity contribution in [1.29, 1.82) is 0 Å². The van der Waals surface area contributed by atoms with E-state index < -0.39 is 0 Å². The lowest BCUT2D eigenvalue weighted by Crippen LogP contribution is -2.27. The maximum absolute atomic E-state index is 5.58. The first-order valence-corrected chi connectivity index (χ1v) is 8.68. The fraction of sp³-hybridized carbons (Fsp3) is 0.647. The van der Waals surface area contributed by atoms with Crippen molar-refractivity contribution in [2.45, 2.75) is 38.6 Å². The first-order chi connectivity index (χ1) is 10.2. The summed E-state index contributed by atoms with van der Waals surface area (Å²) in [5.74, 6) is 1.70. The molecular formula is C17H26BrNO2. The SMILES string of the molecule is CCCNC(CC1CCOCC1)c1ccc(Br)cc1OC. The highest BCUT2D eigenvalue weighted by molar-refractivity contribution is 9.10. The molecule has 0 spiro atoms. The Bertz CT molecular complexity index is 433. The average Bonchev–Trinajstić information content (AvgIpc) is 2.52. The van der Waals surface area contributed by atoms with Crippen molar-refractivity contribution in [1.82, 2.24) is 5.32 Å². The highest BCUT2D eigenvalue weighted by Crippen LogP contribution is 2.34. The molecule has 1 fully saturated rings. The van der Waals surface area contributed by atoms with Crippen molar-refractivity contribution in [3.8, 4) is 5.75 Å². The van der Waals surface area contributed by atoms with Gasteiger partial charge in [-0.3, -0.25) is 0 Å². The lowest BCUT2D eigenvalue weighted by Gasteiger charge is -2.28. The molecule has 0 amide bonds. The van der Waals surface area contributed by atoms with Gasteiger partial charge in [-0.1, -0.05) is 28.9 Å². The van der Waals surface area contributed by atoms with E-state index in [-0.39, 0.29) is 0 Å². The van der Waals surface area contributed by atoms with Crippen LogP contribution in [0.3, 0.4) is 0 Å². The number of hydrogen-bond donors (Lipinski definition) is 1. The number of halogens is 1. The highest BCUT2D eigenvalue weighted by atomic mass is 79.9. The van der Waals surface area contributed by atoms with Gasteiger partial charge in [0.15, 0.2) is 0 Å². The van der Waals surface area contributed by atoms with Gasteiger partial charge in [0.05, 0.1) is 7.11 Å². The third-order valence-electron chi connectivity index (χ3n) is 4.12. The van der Waals surface area contributed by atoms with Gasteiger partial charge < -0.3 is 14.8 Å². The smallest absolute Gasteiger partial charge is 0.124 e. The lowest BCUT2D eigenvalue weighted by molar-refractivity contribution is 0.0604. The second-order valence-corrected chi connectivity index (χ2v) is 6.60. The summed E-state index contributed by atoms with van der Waals surface area (Å²) in [6, 6.07) is 6.69. The number of nitrogens with one attached hydrogen (secondary N) is 1. The Balaban J connectivity index is 2.13. The van der Waals surface area contributed by atoms with Gasteiger partial charge in [0.2, 0.25) is 0 Å². The Morgan fingerprint density at radius 1 is 1.38 bits per heavy atom. The van der Waals surface area contributed by atoms with Crippen molar-refractivity contribution in [2.24, 2.45) is 5.92 Å². The Morgan fingerprint density at radius 2 is 2.14 bits per heavy atom. The van der Waals surface area contributed by atoms with Crippen LogP contribution >= 0.6 is 15.9 Å². The molecule has 1 unspecified atom stereocenters. The fourth-order valence-corrected chi connectivity index (χ4v) is 3.27. The molecular weight excluding hydrogens is 330 g/mol. The fourth-order valence-electron chi connectivity index (χ4n) is 2.93. The van der Waals surface area contributed by atoms with Gasteiger partial charge in [0.25, 0.3) is 0 Å². The van der Waals surface area contributed by atoms with Gasteiger partial charge in [-0.15, -0.1) is 0 Å². The number of hydrogen-bond acceptors (Lipinski definition) is 3. The predicted octanol–water partition coefficient (Wildman–Crippen LogP) is 4.32. The van der Waals surface area contributed by atoms with Crippen molar-refractivity contribution in [3.05, 3.63) is 28.2 Å². The standard InChI is InChI=1S/C17H26BrNO2/c1-3-8-19-16(11-13-6-9-21-10-7-13)15-5-4-14(18)12-17(15)20-2/h4-5,12-13,16,19H,3,6-11H2,1-2H3. The van der Waals surface area contributed by atoms with E-state index >= 15 is 0 Å². The minimum absolute atomic E-state index is 0.357. The Morgan fingerprint density at radius 3 is 2.81 bits per heavy atom. The molecule has 1 aromatic rings. The van der Waals surface area contributed by atoms with Crippen molar-refractivity contribution >= 4 is 15.9 Å². The molecule has 1 N–H and O–H groups in total. The summed E-state index contributed by atoms with van der Waals surface area (Å²) in [4.78, 5) is 0. The maximum atomic E-state index is 5.58. The Labute approximate surface area is 136 Å². The number of methoxy groups -OCH3 is 1. The predicted molar refractivity (Wildman–Crippen MR) is 89.9 cm³/mol. The van der Waals surface area contributed by atoms with Crippen LogP contribution in [-0.2, 0) is 4.74 Å². The van der Waals surface area contributed by atoms with E-state index in [0.717, 1.165) is 48.7 Å². The molecule has 21 heavy (non-hydrogen) atoms. The largest absolute Gasteiger partial charge is 0.496 e. The van der Waals surface area contributed by atoms with Crippen LogP contribution in [0.1, 0.15) is 44.2 Å². The normalized spacial score (nSPS) is 17.7. The Kier molecular flexibility index (Phi) is 7.00. The van der Waals surface area contributed by atoms with Crippen molar-refractivity contribution < 1.29 is 9.47 Å². The van der Waals surface area contributed by atoms with E-state index in [9.17, 15) is 0 Å². The van der Waals surface area contributed by atoms with E-state index in [4.69, 9.17) is 9.47 Å². The second-order valence-electron chi connectivity index (χ2n) is 5.68. The number of benzene rings is 1. The van der Waals surface area contributed by atoms with Crippen LogP contribution in [-0.4, -0.2) is 26.9 Å². The molecule has 1 aliphatic heterocycles. The molecule has 0 aliphatic carbocycles. The Hall–Kier alpha value is -0.580. The average molecular weight is 356 g/mol. The molecule has 118 valence electrons. The number of rotatable bonds is 7. The van der Waals surface area contributed by atoms with E-state index in [2.05, 4.69) is 46.4 Å². The number of ether oxygens (including phenoxy) is 2. The summed E-state index contributed by atoms with van der Waals surface area (Å²) in [5.41, 5.74) is 1.26. The van der Waals surface area contributed by atoms with Crippen LogP contribution < -0.4 is 10.1 Å². The molecule has 1 heterocycles. The zero-order valence-corrected chi connectivity index (χ0v) is 14.6. The van der Waals surface area contributed by atoms with E-state index in [1.165, 1.54) is 18.4 Å². The zero-order valence-electron chi connectivity index (χ0n) is 13.0. The lowest BCUT2D eigenvalue weighted by atomic mass is 9.89. The monoisotopic (exact) mass is 355 g/mol. The van der Waals surface area contributed by atoms with Gasteiger partial charge in [-0.05, 0) is 50.3 Å². The van der Waals surface area contributed by atoms with Crippen LogP contribution in [0.5, 0.6) is 5.75 Å². The molecule has 2 rings (SSSR count). The zero-order chi connectivity index (χ0) is 15.1. The summed E-state index contributed by atoms with van der Waals surface area (Å²) in [6.45, 7) is 5.05. The molecule has 1 aliphatic rings. The third kappa shape index (κ3) is 4.97. The molecule has 3 nitrogen and oxygen atoms in total. The minimum Gasteiger partial charge on any atom is -0.496 e.